The van der Waals surface area contributed by atoms with Crippen LogP contribution in [0.5, 0.6) is 0 Å². The SMILES string of the molecule is C=C(CCCC)CN(CCI)S(=O)(=O)c1ccc(C)cc1. The fraction of sp³-hybridized carbons (Fsp3) is 0.500. The van der Waals surface area contributed by atoms with Gasteiger partial charge in [-0.1, -0.05) is 65.8 Å². The zero-order valence-electron chi connectivity index (χ0n) is 12.8. The molecule has 0 heterocycles. The van der Waals surface area contributed by atoms with Crippen LogP contribution in [-0.2, 0) is 10.0 Å². The van der Waals surface area contributed by atoms with Crippen LogP contribution in [0.25, 0.3) is 0 Å². The molecule has 3 nitrogen and oxygen atoms in total. The maximum atomic E-state index is 12.7. The molecule has 21 heavy (non-hydrogen) atoms. The minimum absolute atomic E-state index is 0.362. The molecule has 1 rings (SSSR count). The van der Waals surface area contributed by atoms with Gasteiger partial charge in [-0.3, -0.25) is 0 Å². The van der Waals surface area contributed by atoms with Crippen molar-refractivity contribution in [2.45, 2.75) is 38.0 Å². The quantitative estimate of drug-likeness (QED) is 0.341. The lowest BCUT2D eigenvalue weighted by atomic mass is 10.1. The van der Waals surface area contributed by atoms with Crippen LogP contribution in [0, 0.1) is 6.92 Å². The van der Waals surface area contributed by atoms with E-state index in [0.717, 1.165) is 34.8 Å². The fourth-order valence-corrected chi connectivity index (χ4v) is 4.37. The Labute approximate surface area is 142 Å². The van der Waals surface area contributed by atoms with E-state index in [4.69, 9.17) is 0 Å². The largest absolute Gasteiger partial charge is 0.243 e. The molecule has 118 valence electrons. The van der Waals surface area contributed by atoms with E-state index in [-0.39, 0.29) is 0 Å². The van der Waals surface area contributed by atoms with Crippen molar-refractivity contribution in [3.63, 3.8) is 0 Å². The Kier molecular flexibility index (Phi) is 7.90. The number of halogens is 1. The Balaban J connectivity index is 2.92. The topological polar surface area (TPSA) is 37.4 Å². The summed E-state index contributed by atoms with van der Waals surface area (Å²) < 4.78 is 27.8. The number of aryl methyl sites for hydroxylation is 1. The molecule has 0 bridgehead atoms. The minimum atomic E-state index is -3.43. The van der Waals surface area contributed by atoms with E-state index >= 15 is 0 Å². The summed E-state index contributed by atoms with van der Waals surface area (Å²) in [5.74, 6) is 0. The van der Waals surface area contributed by atoms with E-state index in [1.54, 1.807) is 16.4 Å². The van der Waals surface area contributed by atoms with E-state index in [1.165, 1.54) is 0 Å². The van der Waals surface area contributed by atoms with Gasteiger partial charge in [-0.05, 0) is 31.9 Å². The molecule has 1 aromatic carbocycles. The van der Waals surface area contributed by atoms with Crippen molar-refractivity contribution in [3.8, 4) is 0 Å². The highest BCUT2D eigenvalue weighted by Gasteiger charge is 2.24. The zero-order chi connectivity index (χ0) is 15.9. The molecule has 0 radical (unpaired) electrons. The van der Waals surface area contributed by atoms with Gasteiger partial charge >= 0.3 is 0 Å². The van der Waals surface area contributed by atoms with Gasteiger partial charge in [0.25, 0.3) is 0 Å². The van der Waals surface area contributed by atoms with Crippen molar-refractivity contribution >= 4 is 32.6 Å². The van der Waals surface area contributed by atoms with Crippen molar-refractivity contribution in [1.29, 1.82) is 0 Å². The molecule has 0 amide bonds. The Bertz CT molecular complexity index is 552. The van der Waals surface area contributed by atoms with Gasteiger partial charge in [0.2, 0.25) is 10.0 Å². The third-order valence-corrected chi connectivity index (χ3v) is 5.62. The molecular formula is C16H24INO2S. The van der Waals surface area contributed by atoms with Gasteiger partial charge in [0.1, 0.15) is 0 Å². The van der Waals surface area contributed by atoms with Crippen molar-refractivity contribution in [2.75, 3.05) is 17.5 Å². The molecule has 0 saturated carbocycles. The first-order valence-corrected chi connectivity index (χ1v) is 10.2. The number of hydrogen-bond donors (Lipinski definition) is 0. The summed E-state index contributed by atoms with van der Waals surface area (Å²) in [6.45, 7) is 9.03. The van der Waals surface area contributed by atoms with Gasteiger partial charge in [-0.2, -0.15) is 4.31 Å². The van der Waals surface area contributed by atoms with Crippen LogP contribution in [0.4, 0.5) is 0 Å². The van der Waals surface area contributed by atoms with Gasteiger partial charge in [-0.15, -0.1) is 0 Å². The molecule has 0 saturated heterocycles. The first-order valence-electron chi connectivity index (χ1n) is 7.21. The highest BCUT2D eigenvalue weighted by atomic mass is 127. The van der Waals surface area contributed by atoms with Crippen LogP contribution in [0.3, 0.4) is 0 Å². The fourth-order valence-electron chi connectivity index (χ4n) is 1.99. The number of hydrogen-bond acceptors (Lipinski definition) is 2. The summed E-state index contributed by atoms with van der Waals surface area (Å²) in [7, 11) is -3.43. The minimum Gasteiger partial charge on any atom is -0.207 e. The first kappa shape index (κ1) is 18.6. The van der Waals surface area contributed by atoms with Crippen LogP contribution in [0.1, 0.15) is 31.7 Å². The molecule has 0 aromatic heterocycles. The zero-order valence-corrected chi connectivity index (χ0v) is 15.8. The van der Waals surface area contributed by atoms with Crippen LogP contribution in [0.15, 0.2) is 41.3 Å². The van der Waals surface area contributed by atoms with Crippen LogP contribution >= 0.6 is 22.6 Å². The van der Waals surface area contributed by atoms with E-state index in [1.807, 2.05) is 19.1 Å². The summed E-state index contributed by atoms with van der Waals surface area (Å²) in [6, 6.07) is 7.03. The van der Waals surface area contributed by atoms with Crippen LogP contribution in [-0.4, -0.2) is 30.2 Å². The molecule has 0 aliphatic rings. The third-order valence-electron chi connectivity index (χ3n) is 3.28. The third kappa shape index (κ3) is 5.71. The van der Waals surface area contributed by atoms with Gasteiger partial charge in [0.05, 0.1) is 4.90 Å². The summed E-state index contributed by atoms with van der Waals surface area (Å²) >= 11 is 2.21. The average molecular weight is 421 g/mol. The lowest BCUT2D eigenvalue weighted by Crippen LogP contribution is -2.34. The van der Waals surface area contributed by atoms with E-state index in [0.29, 0.717) is 18.0 Å². The second kappa shape index (κ2) is 8.90. The van der Waals surface area contributed by atoms with Gasteiger partial charge in [0, 0.05) is 17.5 Å². The molecule has 0 aliphatic carbocycles. The molecule has 0 unspecified atom stereocenters. The van der Waals surface area contributed by atoms with E-state index < -0.39 is 10.0 Å². The maximum absolute atomic E-state index is 12.7. The van der Waals surface area contributed by atoms with Crippen molar-refractivity contribution < 1.29 is 8.42 Å². The van der Waals surface area contributed by atoms with E-state index in [2.05, 4.69) is 36.1 Å². The number of rotatable bonds is 9. The Morgan fingerprint density at radius 1 is 1.29 bits per heavy atom. The molecule has 0 spiro atoms. The van der Waals surface area contributed by atoms with E-state index in [9.17, 15) is 8.42 Å². The number of nitrogens with zero attached hydrogens (tertiary/aromatic N) is 1. The number of unbranched alkanes of at least 4 members (excludes halogenated alkanes) is 1. The summed E-state index contributed by atoms with van der Waals surface area (Å²) in [5.41, 5.74) is 2.04. The number of sulfonamides is 1. The van der Waals surface area contributed by atoms with Crippen LogP contribution in [0.2, 0.25) is 0 Å². The standard InChI is InChI=1S/C16H24INO2S/c1-4-5-6-15(3)13-18(12-11-17)21(19,20)16-9-7-14(2)8-10-16/h7-10H,3-6,11-13H2,1-2H3. The Morgan fingerprint density at radius 3 is 2.43 bits per heavy atom. The lowest BCUT2D eigenvalue weighted by Gasteiger charge is -2.22. The molecule has 0 N–H and O–H groups in total. The monoisotopic (exact) mass is 421 g/mol. The molecule has 0 atom stereocenters. The Morgan fingerprint density at radius 2 is 1.90 bits per heavy atom. The highest BCUT2D eigenvalue weighted by molar-refractivity contribution is 14.1. The molecular weight excluding hydrogens is 397 g/mol. The average Bonchev–Trinajstić information content (AvgIpc) is 2.45. The van der Waals surface area contributed by atoms with Gasteiger partial charge in [-0.25, -0.2) is 8.42 Å². The summed E-state index contributed by atoms with van der Waals surface area (Å²) in [6.07, 6.45) is 3.04. The van der Waals surface area contributed by atoms with Gasteiger partial charge < -0.3 is 0 Å². The summed E-state index contributed by atoms with van der Waals surface area (Å²) in [4.78, 5) is 0.362. The smallest absolute Gasteiger partial charge is 0.207 e. The molecule has 0 fully saturated rings. The first-order chi connectivity index (χ1) is 9.91. The highest BCUT2D eigenvalue weighted by Crippen LogP contribution is 2.19. The van der Waals surface area contributed by atoms with Crippen molar-refractivity contribution in [2.24, 2.45) is 0 Å². The van der Waals surface area contributed by atoms with Crippen LogP contribution < -0.4 is 0 Å². The molecule has 1 aromatic rings. The van der Waals surface area contributed by atoms with Crippen molar-refractivity contribution in [1.82, 2.24) is 4.31 Å². The normalized spacial score (nSPS) is 11.8. The number of benzene rings is 1. The summed E-state index contributed by atoms with van der Waals surface area (Å²) in [5, 5.41) is 0. The molecule has 5 heteroatoms. The second-order valence-electron chi connectivity index (χ2n) is 5.19. The predicted molar refractivity (Wildman–Crippen MR) is 97.5 cm³/mol. The van der Waals surface area contributed by atoms with Gasteiger partial charge in [0.15, 0.2) is 0 Å². The Hall–Kier alpha value is -0.400. The second-order valence-corrected chi connectivity index (χ2v) is 8.21. The maximum Gasteiger partial charge on any atom is 0.243 e. The molecule has 0 aliphatic heterocycles. The van der Waals surface area contributed by atoms with Crippen molar-refractivity contribution in [3.05, 3.63) is 42.0 Å². The number of alkyl halides is 1. The lowest BCUT2D eigenvalue weighted by molar-refractivity contribution is 0.452. The predicted octanol–water partition coefficient (Wildman–Crippen LogP) is 4.17.